The summed E-state index contributed by atoms with van der Waals surface area (Å²) in [7, 11) is -3.52. The molecule has 100 valence electrons. The standard InChI is InChI=1S/C12H22O4S/c1-8(2)11(16-17(5,14)15)9-6-12(3,4)7-10(9)13/h8-9,11H,6-7H2,1-5H3. The highest BCUT2D eigenvalue weighted by Gasteiger charge is 2.44. The molecule has 1 fully saturated rings. The summed E-state index contributed by atoms with van der Waals surface area (Å²) in [5, 5.41) is 0. The molecule has 2 atom stereocenters. The van der Waals surface area contributed by atoms with E-state index in [2.05, 4.69) is 0 Å². The molecule has 1 aliphatic rings. The summed E-state index contributed by atoms with van der Waals surface area (Å²) in [6.07, 6.45) is 1.71. The molecule has 5 heteroatoms. The van der Waals surface area contributed by atoms with Crippen molar-refractivity contribution < 1.29 is 17.4 Å². The van der Waals surface area contributed by atoms with Crippen molar-refractivity contribution in [2.75, 3.05) is 6.26 Å². The fourth-order valence-corrected chi connectivity index (χ4v) is 3.29. The summed E-state index contributed by atoms with van der Waals surface area (Å²) in [6, 6.07) is 0. The Morgan fingerprint density at radius 2 is 1.88 bits per heavy atom. The Morgan fingerprint density at radius 3 is 2.18 bits per heavy atom. The lowest BCUT2D eigenvalue weighted by molar-refractivity contribution is -0.123. The van der Waals surface area contributed by atoms with Gasteiger partial charge in [-0.25, -0.2) is 0 Å². The van der Waals surface area contributed by atoms with E-state index in [0.717, 1.165) is 6.26 Å². The molecule has 0 amide bonds. The zero-order valence-corrected chi connectivity index (χ0v) is 12.0. The minimum absolute atomic E-state index is 0.00701. The third kappa shape index (κ3) is 4.07. The van der Waals surface area contributed by atoms with Gasteiger partial charge in [-0.15, -0.1) is 0 Å². The van der Waals surface area contributed by atoms with Crippen LogP contribution in [-0.2, 0) is 19.1 Å². The van der Waals surface area contributed by atoms with Gasteiger partial charge in [0.05, 0.1) is 12.4 Å². The lowest BCUT2D eigenvalue weighted by Gasteiger charge is -2.26. The zero-order chi connectivity index (χ0) is 13.4. The van der Waals surface area contributed by atoms with Gasteiger partial charge in [0, 0.05) is 12.3 Å². The van der Waals surface area contributed by atoms with Crippen LogP contribution in [0, 0.1) is 17.3 Å². The van der Waals surface area contributed by atoms with E-state index < -0.39 is 16.2 Å². The predicted octanol–water partition coefficient (Wildman–Crippen LogP) is 1.99. The summed E-state index contributed by atoms with van der Waals surface area (Å²) in [4.78, 5) is 11.9. The highest BCUT2D eigenvalue weighted by Crippen LogP contribution is 2.42. The van der Waals surface area contributed by atoms with E-state index in [1.165, 1.54) is 0 Å². The number of hydrogen-bond acceptors (Lipinski definition) is 4. The van der Waals surface area contributed by atoms with Crippen LogP contribution in [0.2, 0.25) is 0 Å². The van der Waals surface area contributed by atoms with Crippen molar-refractivity contribution in [3.63, 3.8) is 0 Å². The van der Waals surface area contributed by atoms with Crippen molar-refractivity contribution in [2.45, 2.75) is 46.6 Å². The molecule has 2 unspecified atom stereocenters. The molecule has 0 aliphatic heterocycles. The third-order valence-electron chi connectivity index (χ3n) is 3.18. The smallest absolute Gasteiger partial charge is 0.264 e. The molecule has 4 nitrogen and oxygen atoms in total. The Kier molecular flexibility index (Phi) is 4.04. The van der Waals surface area contributed by atoms with Gasteiger partial charge in [-0.1, -0.05) is 27.7 Å². The van der Waals surface area contributed by atoms with Crippen LogP contribution < -0.4 is 0 Å². The molecule has 0 heterocycles. The summed E-state index contributed by atoms with van der Waals surface area (Å²) in [6.45, 7) is 7.83. The second kappa shape index (κ2) is 4.69. The van der Waals surface area contributed by atoms with Gasteiger partial charge in [-0.2, -0.15) is 8.42 Å². The van der Waals surface area contributed by atoms with E-state index in [9.17, 15) is 13.2 Å². The molecule has 0 radical (unpaired) electrons. The zero-order valence-electron chi connectivity index (χ0n) is 11.2. The van der Waals surface area contributed by atoms with Gasteiger partial charge in [0.25, 0.3) is 10.1 Å². The van der Waals surface area contributed by atoms with Crippen LogP contribution in [0.5, 0.6) is 0 Å². The van der Waals surface area contributed by atoms with Crippen LogP contribution in [-0.4, -0.2) is 26.6 Å². The van der Waals surface area contributed by atoms with Crippen LogP contribution in [0.1, 0.15) is 40.5 Å². The quantitative estimate of drug-likeness (QED) is 0.727. The second-order valence-corrected chi connectivity index (χ2v) is 7.73. The number of carbonyl (C=O) groups is 1. The lowest BCUT2D eigenvalue weighted by Crippen LogP contribution is -2.34. The Balaban J connectivity index is 2.90. The van der Waals surface area contributed by atoms with Gasteiger partial charge in [-0.3, -0.25) is 8.98 Å². The number of Topliss-reactive ketones (excluding diaryl/α,β-unsaturated/α-hetero) is 1. The average Bonchev–Trinajstić information content (AvgIpc) is 2.33. The minimum Gasteiger partial charge on any atom is -0.299 e. The van der Waals surface area contributed by atoms with Gasteiger partial charge in [0.2, 0.25) is 0 Å². The molecule has 0 aromatic heterocycles. The van der Waals surface area contributed by atoms with Gasteiger partial charge in [-0.05, 0) is 17.8 Å². The predicted molar refractivity (Wildman–Crippen MR) is 66.1 cm³/mol. The molecule has 1 rings (SSSR count). The fraction of sp³-hybridized carbons (Fsp3) is 0.917. The van der Waals surface area contributed by atoms with Crippen LogP contribution in [0.15, 0.2) is 0 Å². The first-order valence-corrected chi connectivity index (χ1v) is 7.74. The highest BCUT2D eigenvalue weighted by molar-refractivity contribution is 7.86. The average molecular weight is 262 g/mol. The molecule has 1 aliphatic carbocycles. The van der Waals surface area contributed by atoms with Crippen LogP contribution >= 0.6 is 0 Å². The molecular weight excluding hydrogens is 240 g/mol. The van der Waals surface area contributed by atoms with Crippen molar-refractivity contribution >= 4 is 15.9 Å². The first-order valence-electron chi connectivity index (χ1n) is 5.93. The number of ketones is 1. The Labute approximate surface area is 104 Å². The third-order valence-corrected chi connectivity index (χ3v) is 3.75. The monoisotopic (exact) mass is 262 g/mol. The van der Waals surface area contributed by atoms with Gasteiger partial charge >= 0.3 is 0 Å². The van der Waals surface area contributed by atoms with E-state index in [4.69, 9.17) is 4.18 Å². The van der Waals surface area contributed by atoms with Gasteiger partial charge in [0.15, 0.2) is 0 Å². The number of rotatable bonds is 4. The van der Waals surface area contributed by atoms with Gasteiger partial charge < -0.3 is 0 Å². The highest BCUT2D eigenvalue weighted by atomic mass is 32.2. The molecule has 0 aromatic rings. The largest absolute Gasteiger partial charge is 0.299 e. The van der Waals surface area contributed by atoms with Crippen molar-refractivity contribution in [1.29, 1.82) is 0 Å². The van der Waals surface area contributed by atoms with Crippen LogP contribution in [0.25, 0.3) is 0 Å². The molecule has 0 aromatic carbocycles. The molecule has 0 bridgehead atoms. The lowest BCUT2D eigenvalue weighted by atomic mass is 9.86. The Morgan fingerprint density at radius 1 is 1.35 bits per heavy atom. The van der Waals surface area contributed by atoms with Crippen LogP contribution in [0.3, 0.4) is 0 Å². The van der Waals surface area contributed by atoms with Crippen molar-refractivity contribution in [2.24, 2.45) is 17.3 Å². The molecule has 1 saturated carbocycles. The van der Waals surface area contributed by atoms with Crippen LogP contribution in [0.4, 0.5) is 0 Å². The van der Waals surface area contributed by atoms with E-state index in [-0.39, 0.29) is 23.0 Å². The molecular formula is C12H22O4S. The number of carbonyl (C=O) groups excluding carboxylic acids is 1. The SMILES string of the molecule is CC(C)C(OS(C)(=O)=O)C1CC(C)(C)CC1=O. The maximum atomic E-state index is 11.9. The summed E-state index contributed by atoms with van der Waals surface area (Å²) in [5.41, 5.74) is -0.0459. The molecule has 0 N–H and O–H groups in total. The second-order valence-electron chi connectivity index (χ2n) is 6.13. The molecule has 17 heavy (non-hydrogen) atoms. The van der Waals surface area contributed by atoms with Gasteiger partial charge in [0.1, 0.15) is 5.78 Å². The maximum Gasteiger partial charge on any atom is 0.264 e. The summed E-state index contributed by atoms with van der Waals surface area (Å²) in [5.74, 6) is -0.162. The van der Waals surface area contributed by atoms with E-state index in [1.807, 2.05) is 27.7 Å². The van der Waals surface area contributed by atoms with E-state index >= 15 is 0 Å². The summed E-state index contributed by atoms with van der Waals surface area (Å²) >= 11 is 0. The first-order chi connectivity index (χ1) is 7.52. The van der Waals surface area contributed by atoms with E-state index in [0.29, 0.717) is 12.8 Å². The molecule has 0 spiro atoms. The number of hydrogen-bond donors (Lipinski definition) is 0. The minimum atomic E-state index is -3.52. The van der Waals surface area contributed by atoms with E-state index in [1.54, 1.807) is 0 Å². The van der Waals surface area contributed by atoms with Crippen molar-refractivity contribution in [1.82, 2.24) is 0 Å². The fourth-order valence-electron chi connectivity index (χ4n) is 2.53. The molecule has 0 saturated heterocycles. The Hall–Kier alpha value is -0.420. The maximum absolute atomic E-state index is 11.9. The van der Waals surface area contributed by atoms with Crippen molar-refractivity contribution in [3.8, 4) is 0 Å². The normalized spacial score (nSPS) is 26.5. The Bertz CT molecular complexity index is 395. The first kappa shape index (κ1) is 14.6. The van der Waals surface area contributed by atoms with Crippen molar-refractivity contribution in [3.05, 3.63) is 0 Å². The topological polar surface area (TPSA) is 60.4 Å². The summed E-state index contributed by atoms with van der Waals surface area (Å²) < 4.78 is 27.6.